The van der Waals surface area contributed by atoms with Crippen LogP contribution in [0.25, 0.3) is 10.9 Å². The summed E-state index contributed by atoms with van der Waals surface area (Å²) in [5, 5.41) is 2.85. The Morgan fingerprint density at radius 2 is 2.04 bits per heavy atom. The van der Waals surface area contributed by atoms with Crippen LogP contribution in [0.15, 0.2) is 47.4 Å². The summed E-state index contributed by atoms with van der Waals surface area (Å²) in [7, 11) is 1.51. The van der Waals surface area contributed by atoms with Crippen LogP contribution < -0.4 is 15.5 Å². The van der Waals surface area contributed by atoms with E-state index in [0.29, 0.717) is 28.9 Å². The van der Waals surface area contributed by atoms with Crippen molar-refractivity contribution in [2.75, 3.05) is 12.4 Å². The van der Waals surface area contributed by atoms with E-state index < -0.39 is 17.2 Å². The number of methoxy groups -OCH3 is 1. The number of amides is 1. The van der Waals surface area contributed by atoms with Gasteiger partial charge in [0.15, 0.2) is 0 Å². The molecule has 0 saturated heterocycles. The minimum atomic E-state index is -0.593. The molecular formula is C19H16ClFN2O3. The zero-order chi connectivity index (χ0) is 18.8. The first kappa shape index (κ1) is 17.9. The average molecular weight is 375 g/mol. The summed E-state index contributed by atoms with van der Waals surface area (Å²) in [6.07, 6.45) is 1.51. The lowest BCUT2D eigenvalue weighted by molar-refractivity contribution is 0.102. The summed E-state index contributed by atoms with van der Waals surface area (Å²) in [5.41, 5.74) is 0.580. The molecule has 3 rings (SSSR count). The van der Waals surface area contributed by atoms with E-state index in [9.17, 15) is 14.0 Å². The van der Waals surface area contributed by atoms with E-state index >= 15 is 0 Å². The van der Waals surface area contributed by atoms with Crippen LogP contribution in [0.5, 0.6) is 5.75 Å². The predicted molar refractivity (Wildman–Crippen MR) is 99.8 cm³/mol. The predicted octanol–water partition coefficient (Wildman–Crippen LogP) is 4.07. The summed E-state index contributed by atoms with van der Waals surface area (Å²) in [6, 6.07) is 8.95. The number of carbonyl (C=O) groups excluding carboxylic acids is 1. The standard InChI is InChI=1S/C19H16ClFN2O3/c1-3-23-10-14(18(24)13-9-12(26-2)5-7-17(13)23)19(25)22-11-4-6-16(21)15(20)8-11/h4-10H,3H2,1-2H3,(H,22,25). The number of aryl methyl sites for hydroxylation is 1. The third-order valence-electron chi connectivity index (χ3n) is 4.05. The van der Waals surface area contributed by atoms with Gasteiger partial charge in [0.1, 0.15) is 17.1 Å². The number of carbonyl (C=O) groups is 1. The van der Waals surface area contributed by atoms with Gasteiger partial charge in [0.05, 0.1) is 23.0 Å². The summed E-state index contributed by atoms with van der Waals surface area (Å²) in [5.74, 6) is -0.652. The van der Waals surface area contributed by atoms with E-state index in [1.807, 2.05) is 11.5 Å². The quantitative estimate of drug-likeness (QED) is 0.748. The number of hydrogen-bond donors (Lipinski definition) is 1. The first-order valence-electron chi connectivity index (χ1n) is 7.92. The van der Waals surface area contributed by atoms with Crippen molar-refractivity contribution in [1.29, 1.82) is 0 Å². The third-order valence-corrected chi connectivity index (χ3v) is 4.34. The molecule has 1 N–H and O–H groups in total. The number of nitrogens with zero attached hydrogens (tertiary/aromatic N) is 1. The molecule has 1 heterocycles. The molecule has 0 aliphatic rings. The topological polar surface area (TPSA) is 60.3 Å². The Morgan fingerprint density at radius 1 is 1.27 bits per heavy atom. The number of fused-ring (bicyclic) bond motifs is 1. The molecule has 1 aromatic heterocycles. The van der Waals surface area contributed by atoms with E-state index in [4.69, 9.17) is 16.3 Å². The summed E-state index contributed by atoms with van der Waals surface area (Å²) < 4.78 is 20.2. The Hall–Kier alpha value is -2.86. The van der Waals surface area contributed by atoms with Crippen molar-refractivity contribution >= 4 is 34.1 Å². The molecule has 0 fully saturated rings. The number of pyridine rings is 1. The fourth-order valence-electron chi connectivity index (χ4n) is 2.70. The second-order valence-corrected chi connectivity index (χ2v) is 6.03. The van der Waals surface area contributed by atoms with Gasteiger partial charge in [-0.25, -0.2) is 4.39 Å². The highest BCUT2D eigenvalue weighted by Crippen LogP contribution is 2.21. The molecule has 0 unspecified atom stereocenters. The fourth-order valence-corrected chi connectivity index (χ4v) is 2.88. The third kappa shape index (κ3) is 3.28. The van der Waals surface area contributed by atoms with Gasteiger partial charge in [0, 0.05) is 18.4 Å². The van der Waals surface area contributed by atoms with Gasteiger partial charge in [-0.1, -0.05) is 11.6 Å². The van der Waals surface area contributed by atoms with Crippen molar-refractivity contribution in [3.8, 4) is 5.75 Å². The highest BCUT2D eigenvalue weighted by atomic mass is 35.5. The Kier molecular flexibility index (Phi) is 4.95. The van der Waals surface area contributed by atoms with Gasteiger partial charge in [-0.2, -0.15) is 0 Å². The SMILES string of the molecule is CCn1cc(C(=O)Nc2ccc(F)c(Cl)c2)c(=O)c2cc(OC)ccc21. The van der Waals surface area contributed by atoms with Crippen LogP contribution in [0.3, 0.4) is 0 Å². The number of anilines is 1. The van der Waals surface area contributed by atoms with Gasteiger partial charge < -0.3 is 14.6 Å². The lowest BCUT2D eigenvalue weighted by Crippen LogP contribution is -2.24. The molecule has 0 aliphatic carbocycles. The normalized spacial score (nSPS) is 10.8. The minimum Gasteiger partial charge on any atom is -0.497 e. The zero-order valence-electron chi connectivity index (χ0n) is 14.2. The minimum absolute atomic E-state index is 0.0203. The average Bonchev–Trinajstić information content (AvgIpc) is 2.64. The Morgan fingerprint density at radius 3 is 2.69 bits per heavy atom. The number of hydrogen-bond acceptors (Lipinski definition) is 3. The smallest absolute Gasteiger partial charge is 0.261 e. The summed E-state index contributed by atoms with van der Waals surface area (Å²) in [6.45, 7) is 2.49. The van der Waals surface area contributed by atoms with Crippen molar-refractivity contribution in [2.24, 2.45) is 0 Å². The van der Waals surface area contributed by atoms with Crippen LogP contribution in [-0.2, 0) is 6.54 Å². The van der Waals surface area contributed by atoms with Gasteiger partial charge >= 0.3 is 0 Å². The number of ether oxygens (including phenoxy) is 1. The number of halogens is 2. The molecule has 26 heavy (non-hydrogen) atoms. The van der Waals surface area contributed by atoms with Gasteiger partial charge in [-0.05, 0) is 43.3 Å². The van der Waals surface area contributed by atoms with Crippen molar-refractivity contribution < 1.29 is 13.9 Å². The van der Waals surface area contributed by atoms with E-state index in [2.05, 4.69) is 5.32 Å². The lowest BCUT2D eigenvalue weighted by atomic mass is 10.1. The molecule has 0 atom stereocenters. The second kappa shape index (κ2) is 7.17. The molecule has 0 spiro atoms. The van der Waals surface area contributed by atoms with Gasteiger partial charge in [-0.3, -0.25) is 9.59 Å². The Balaban J connectivity index is 2.08. The maximum absolute atomic E-state index is 13.3. The van der Waals surface area contributed by atoms with Crippen molar-refractivity contribution in [1.82, 2.24) is 4.57 Å². The maximum atomic E-state index is 13.3. The molecule has 0 bridgehead atoms. The summed E-state index contributed by atoms with van der Waals surface area (Å²) >= 11 is 5.73. The monoisotopic (exact) mass is 374 g/mol. The van der Waals surface area contributed by atoms with Crippen LogP contribution in [0.2, 0.25) is 5.02 Å². The molecule has 0 aliphatic heterocycles. The van der Waals surface area contributed by atoms with Crippen LogP contribution in [0, 0.1) is 5.82 Å². The van der Waals surface area contributed by atoms with E-state index in [0.717, 1.165) is 6.07 Å². The Labute approximate surface area is 154 Å². The van der Waals surface area contributed by atoms with Crippen LogP contribution in [0.1, 0.15) is 17.3 Å². The van der Waals surface area contributed by atoms with Gasteiger partial charge in [0.25, 0.3) is 5.91 Å². The largest absolute Gasteiger partial charge is 0.497 e. The summed E-state index contributed by atoms with van der Waals surface area (Å²) in [4.78, 5) is 25.4. The van der Waals surface area contributed by atoms with Crippen LogP contribution in [0.4, 0.5) is 10.1 Å². The molecule has 2 aromatic carbocycles. The number of nitrogens with one attached hydrogen (secondary N) is 1. The first-order chi connectivity index (χ1) is 12.4. The van der Waals surface area contributed by atoms with Gasteiger partial charge in [0.2, 0.25) is 5.43 Å². The van der Waals surface area contributed by atoms with E-state index in [1.165, 1.54) is 25.4 Å². The number of benzene rings is 2. The highest BCUT2D eigenvalue weighted by molar-refractivity contribution is 6.31. The van der Waals surface area contributed by atoms with E-state index in [-0.39, 0.29) is 10.6 Å². The molecular weight excluding hydrogens is 359 g/mol. The van der Waals surface area contributed by atoms with Crippen molar-refractivity contribution in [2.45, 2.75) is 13.5 Å². The molecule has 0 saturated carbocycles. The molecule has 1 amide bonds. The first-order valence-corrected chi connectivity index (χ1v) is 8.30. The lowest BCUT2D eigenvalue weighted by Gasteiger charge is -2.13. The van der Waals surface area contributed by atoms with Gasteiger partial charge in [-0.15, -0.1) is 0 Å². The molecule has 3 aromatic rings. The van der Waals surface area contributed by atoms with Crippen molar-refractivity contribution in [3.63, 3.8) is 0 Å². The number of rotatable bonds is 4. The maximum Gasteiger partial charge on any atom is 0.261 e. The highest BCUT2D eigenvalue weighted by Gasteiger charge is 2.16. The zero-order valence-corrected chi connectivity index (χ0v) is 14.9. The van der Waals surface area contributed by atoms with E-state index in [1.54, 1.807) is 18.2 Å². The number of aromatic nitrogens is 1. The second-order valence-electron chi connectivity index (χ2n) is 5.62. The van der Waals surface area contributed by atoms with Crippen LogP contribution in [-0.4, -0.2) is 17.6 Å². The fraction of sp³-hybridized carbons (Fsp3) is 0.158. The molecule has 7 heteroatoms. The van der Waals surface area contributed by atoms with Crippen molar-refractivity contribution in [3.05, 3.63) is 69.2 Å². The molecule has 5 nitrogen and oxygen atoms in total. The Bertz CT molecular complexity index is 1060. The molecule has 0 radical (unpaired) electrons. The van der Waals surface area contributed by atoms with Crippen LogP contribution >= 0.6 is 11.6 Å². The molecule has 134 valence electrons.